The molecule has 0 aliphatic heterocycles. The van der Waals surface area contributed by atoms with Gasteiger partial charge in [-0.3, -0.25) is 4.79 Å². The first-order valence-electron chi connectivity index (χ1n) is 4.89. The topological polar surface area (TPSA) is 66.0 Å². The van der Waals surface area contributed by atoms with E-state index in [1.807, 2.05) is 0 Å². The number of halogens is 3. The fourth-order valence-electron chi connectivity index (χ4n) is 1.44. The number of hydrogen-bond acceptors (Lipinski definition) is 3. The Morgan fingerprint density at radius 2 is 2.22 bits per heavy atom. The van der Waals surface area contributed by atoms with Gasteiger partial charge in [0.15, 0.2) is 0 Å². The van der Waals surface area contributed by atoms with Crippen molar-refractivity contribution < 1.29 is 9.50 Å². The summed E-state index contributed by atoms with van der Waals surface area (Å²) in [6.45, 7) is 0. The zero-order valence-corrected chi connectivity index (χ0v) is 11.8. The highest BCUT2D eigenvalue weighted by Crippen LogP contribution is 2.20. The molecular formula is C11H7ClFIN2O2. The monoisotopic (exact) mass is 380 g/mol. The Balaban J connectivity index is 2.41. The van der Waals surface area contributed by atoms with Crippen LogP contribution in [0.3, 0.4) is 0 Å². The lowest BCUT2D eigenvalue weighted by atomic mass is 10.1. The van der Waals surface area contributed by atoms with Crippen molar-refractivity contribution in [2.45, 2.75) is 6.42 Å². The third-order valence-electron chi connectivity index (χ3n) is 2.28. The van der Waals surface area contributed by atoms with Crippen LogP contribution in [0.2, 0.25) is 5.02 Å². The van der Waals surface area contributed by atoms with E-state index >= 15 is 0 Å². The van der Waals surface area contributed by atoms with Gasteiger partial charge in [-0.15, -0.1) is 0 Å². The summed E-state index contributed by atoms with van der Waals surface area (Å²) >= 11 is 7.33. The van der Waals surface area contributed by atoms with Crippen LogP contribution >= 0.6 is 34.2 Å². The third-order valence-corrected chi connectivity index (χ3v) is 3.55. The fourth-order valence-corrected chi connectivity index (χ4v) is 1.89. The summed E-state index contributed by atoms with van der Waals surface area (Å²) in [6, 6.07) is 4.57. The van der Waals surface area contributed by atoms with Crippen LogP contribution in [0, 0.1) is 9.39 Å². The van der Waals surface area contributed by atoms with Crippen molar-refractivity contribution in [3.05, 3.63) is 54.4 Å². The molecule has 0 fully saturated rings. The zero-order valence-electron chi connectivity index (χ0n) is 8.88. The smallest absolute Gasteiger partial charge is 0.268 e. The Morgan fingerprint density at radius 3 is 2.89 bits per heavy atom. The highest BCUT2D eigenvalue weighted by molar-refractivity contribution is 14.1. The lowest BCUT2D eigenvalue weighted by molar-refractivity contribution is 0.443. The minimum absolute atomic E-state index is 0.00424. The molecule has 0 saturated heterocycles. The molecule has 0 radical (unpaired) electrons. The number of rotatable bonds is 2. The summed E-state index contributed by atoms with van der Waals surface area (Å²) in [5, 5.41) is 9.43. The molecule has 94 valence electrons. The number of nitrogens with one attached hydrogen (secondary N) is 1. The molecule has 18 heavy (non-hydrogen) atoms. The van der Waals surface area contributed by atoms with Gasteiger partial charge in [-0.2, -0.15) is 4.98 Å². The van der Waals surface area contributed by atoms with Crippen molar-refractivity contribution in [1.29, 1.82) is 0 Å². The average molecular weight is 381 g/mol. The molecular weight excluding hydrogens is 373 g/mol. The highest BCUT2D eigenvalue weighted by atomic mass is 127. The minimum atomic E-state index is -0.556. The zero-order chi connectivity index (χ0) is 13.3. The molecule has 0 aliphatic carbocycles. The fraction of sp³-hybridized carbons (Fsp3) is 0.0909. The summed E-state index contributed by atoms with van der Waals surface area (Å²) < 4.78 is 13.8. The Morgan fingerprint density at radius 1 is 1.50 bits per heavy atom. The molecule has 0 aliphatic rings. The minimum Gasteiger partial charge on any atom is -0.492 e. The number of benzene rings is 1. The third kappa shape index (κ3) is 2.64. The summed E-state index contributed by atoms with van der Waals surface area (Å²) in [5.74, 6) is -0.740. The largest absolute Gasteiger partial charge is 0.492 e. The Bertz CT molecular complexity index is 660. The Labute approximate surface area is 120 Å². The maximum atomic E-state index is 13.7. The number of aromatic hydroxyl groups is 1. The van der Waals surface area contributed by atoms with E-state index in [2.05, 4.69) is 9.97 Å². The molecule has 0 bridgehead atoms. The van der Waals surface area contributed by atoms with E-state index in [1.165, 1.54) is 12.1 Å². The summed E-state index contributed by atoms with van der Waals surface area (Å²) in [7, 11) is 0. The number of nitrogens with zero attached hydrogens (tertiary/aromatic N) is 1. The van der Waals surface area contributed by atoms with Gasteiger partial charge in [0.25, 0.3) is 5.56 Å². The second-order valence-electron chi connectivity index (χ2n) is 3.54. The van der Waals surface area contributed by atoms with Gasteiger partial charge in [-0.05, 0) is 34.2 Å². The first kappa shape index (κ1) is 13.3. The molecule has 7 heteroatoms. The Hall–Kier alpha value is -1.15. The summed E-state index contributed by atoms with van der Waals surface area (Å²) in [5.41, 5.74) is -0.160. The first-order chi connectivity index (χ1) is 8.49. The van der Waals surface area contributed by atoms with E-state index in [1.54, 1.807) is 28.7 Å². The van der Waals surface area contributed by atoms with Crippen molar-refractivity contribution in [3.8, 4) is 5.88 Å². The van der Waals surface area contributed by atoms with Crippen molar-refractivity contribution in [2.75, 3.05) is 0 Å². The summed E-state index contributed by atoms with van der Waals surface area (Å²) in [4.78, 5) is 17.7. The van der Waals surface area contributed by atoms with Crippen LogP contribution in [0.5, 0.6) is 5.88 Å². The second kappa shape index (κ2) is 5.23. The molecule has 2 N–H and O–H groups in total. The van der Waals surface area contributed by atoms with Gasteiger partial charge >= 0.3 is 0 Å². The first-order valence-corrected chi connectivity index (χ1v) is 6.35. The quantitative estimate of drug-likeness (QED) is 0.787. The SMILES string of the molecule is O=c1[nH]c(Cc2cccc(Cl)c2F)nc(O)c1I. The number of aromatic amines is 1. The van der Waals surface area contributed by atoms with Crippen LogP contribution in [0.15, 0.2) is 23.0 Å². The van der Waals surface area contributed by atoms with E-state index in [0.29, 0.717) is 5.56 Å². The molecule has 4 nitrogen and oxygen atoms in total. The standard InChI is InChI=1S/C11H7ClFIN2O2/c12-6-3-1-2-5(8(6)13)4-7-15-10(17)9(14)11(18)16-7/h1-3H,4H2,(H2,15,16,17,18). The molecule has 1 aromatic heterocycles. The number of aromatic nitrogens is 2. The predicted molar refractivity (Wildman–Crippen MR) is 73.5 cm³/mol. The lowest BCUT2D eigenvalue weighted by Crippen LogP contribution is -2.15. The molecule has 0 unspecified atom stereocenters. The molecule has 1 aromatic carbocycles. The molecule has 0 saturated carbocycles. The van der Waals surface area contributed by atoms with Crippen molar-refractivity contribution in [1.82, 2.24) is 9.97 Å². The molecule has 0 spiro atoms. The number of H-pyrrole nitrogens is 1. The van der Waals surface area contributed by atoms with E-state index in [9.17, 15) is 14.3 Å². The maximum absolute atomic E-state index is 13.7. The van der Waals surface area contributed by atoms with Gasteiger partial charge in [0.1, 0.15) is 15.2 Å². The van der Waals surface area contributed by atoms with Crippen molar-refractivity contribution >= 4 is 34.2 Å². The van der Waals surface area contributed by atoms with Crippen LogP contribution in [0.25, 0.3) is 0 Å². The van der Waals surface area contributed by atoms with Crippen LogP contribution in [0.1, 0.15) is 11.4 Å². The van der Waals surface area contributed by atoms with Crippen molar-refractivity contribution in [3.63, 3.8) is 0 Å². The van der Waals surface area contributed by atoms with Gasteiger partial charge in [-0.1, -0.05) is 23.7 Å². The van der Waals surface area contributed by atoms with E-state index < -0.39 is 11.4 Å². The molecule has 1 heterocycles. The van der Waals surface area contributed by atoms with Gasteiger partial charge in [0, 0.05) is 6.42 Å². The van der Waals surface area contributed by atoms with Gasteiger partial charge in [-0.25, -0.2) is 4.39 Å². The number of hydrogen-bond donors (Lipinski definition) is 2. The van der Waals surface area contributed by atoms with E-state index in [-0.39, 0.29) is 26.7 Å². The van der Waals surface area contributed by atoms with Crippen molar-refractivity contribution in [2.24, 2.45) is 0 Å². The van der Waals surface area contributed by atoms with Crippen LogP contribution < -0.4 is 5.56 Å². The van der Waals surface area contributed by atoms with Gasteiger partial charge in [0.05, 0.1) is 5.02 Å². The molecule has 2 aromatic rings. The van der Waals surface area contributed by atoms with Crippen LogP contribution in [-0.4, -0.2) is 15.1 Å². The van der Waals surface area contributed by atoms with E-state index in [0.717, 1.165) is 0 Å². The normalized spacial score (nSPS) is 10.6. The van der Waals surface area contributed by atoms with E-state index in [4.69, 9.17) is 11.6 Å². The molecule has 0 atom stereocenters. The average Bonchev–Trinajstić information content (AvgIpc) is 2.32. The molecule has 0 amide bonds. The molecule has 2 rings (SSSR count). The summed E-state index contributed by atoms with van der Waals surface area (Å²) in [6.07, 6.45) is 0.0477. The predicted octanol–water partition coefficient (Wildman–Crippen LogP) is 2.46. The lowest BCUT2D eigenvalue weighted by Gasteiger charge is -2.05. The Kier molecular flexibility index (Phi) is 3.86. The highest BCUT2D eigenvalue weighted by Gasteiger charge is 2.11. The maximum Gasteiger partial charge on any atom is 0.268 e. The van der Waals surface area contributed by atoms with Gasteiger partial charge < -0.3 is 10.1 Å². The van der Waals surface area contributed by atoms with Gasteiger partial charge in [0.2, 0.25) is 5.88 Å². The van der Waals surface area contributed by atoms with Crippen LogP contribution in [-0.2, 0) is 6.42 Å². The van der Waals surface area contributed by atoms with Crippen LogP contribution in [0.4, 0.5) is 4.39 Å². The second-order valence-corrected chi connectivity index (χ2v) is 5.03.